The summed E-state index contributed by atoms with van der Waals surface area (Å²) in [6.45, 7) is 0. The zero-order chi connectivity index (χ0) is 27.9. The Morgan fingerprint density at radius 1 is 0.476 bits per heavy atom. The SMILES string of the molecule is c1ccc(-c2cccc(N(c3ccc4oc5cc6ccccc6cc5c4n3)c3ccccc3-c3ccccc3)c2)cc1. The summed E-state index contributed by atoms with van der Waals surface area (Å²) in [5.41, 5.74) is 9.17. The third kappa shape index (κ3) is 4.20. The van der Waals surface area contributed by atoms with Gasteiger partial charge in [-0.15, -0.1) is 0 Å². The Balaban J connectivity index is 1.37. The largest absolute Gasteiger partial charge is 0.454 e. The average Bonchev–Trinajstić information content (AvgIpc) is 3.42. The fourth-order valence-corrected chi connectivity index (χ4v) is 5.82. The molecule has 0 fully saturated rings. The molecule has 0 spiro atoms. The fourth-order valence-electron chi connectivity index (χ4n) is 5.82. The molecule has 6 aromatic carbocycles. The lowest BCUT2D eigenvalue weighted by atomic mass is 10.0. The van der Waals surface area contributed by atoms with Gasteiger partial charge in [0.25, 0.3) is 0 Å². The zero-order valence-corrected chi connectivity index (χ0v) is 22.8. The first-order chi connectivity index (χ1) is 20.8. The van der Waals surface area contributed by atoms with Gasteiger partial charge in [0.05, 0.1) is 5.69 Å². The summed E-state index contributed by atoms with van der Waals surface area (Å²) in [6.07, 6.45) is 0. The lowest BCUT2D eigenvalue weighted by molar-refractivity contribution is 0.668. The molecule has 8 rings (SSSR count). The van der Waals surface area contributed by atoms with Gasteiger partial charge in [0.2, 0.25) is 0 Å². The van der Waals surface area contributed by atoms with Crippen LogP contribution in [0.25, 0.3) is 55.1 Å². The van der Waals surface area contributed by atoms with Crippen molar-refractivity contribution in [2.45, 2.75) is 0 Å². The van der Waals surface area contributed by atoms with E-state index in [0.717, 1.165) is 61.3 Å². The number of hydrogen-bond donors (Lipinski definition) is 0. The van der Waals surface area contributed by atoms with E-state index in [1.165, 1.54) is 10.9 Å². The van der Waals surface area contributed by atoms with Gasteiger partial charge in [-0.1, -0.05) is 115 Å². The first-order valence-electron chi connectivity index (χ1n) is 14.1. The van der Waals surface area contributed by atoms with Gasteiger partial charge >= 0.3 is 0 Å². The number of pyridine rings is 1. The minimum absolute atomic E-state index is 0.776. The number of rotatable bonds is 5. The van der Waals surface area contributed by atoms with Crippen molar-refractivity contribution in [2.24, 2.45) is 0 Å². The van der Waals surface area contributed by atoms with Gasteiger partial charge < -0.3 is 4.42 Å². The predicted molar refractivity (Wildman–Crippen MR) is 175 cm³/mol. The first kappa shape index (κ1) is 24.2. The monoisotopic (exact) mass is 538 g/mol. The summed E-state index contributed by atoms with van der Waals surface area (Å²) in [5, 5.41) is 3.34. The van der Waals surface area contributed by atoms with Gasteiger partial charge in [-0.2, -0.15) is 0 Å². The van der Waals surface area contributed by atoms with Crippen LogP contribution in [0, 0.1) is 0 Å². The summed E-state index contributed by atoms with van der Waals surface area (Å²) in [5.74, 6) is 0.826. The quantitative estimate of drug-likeness (QED) is 0.218. The van der Waals surface area contributed by atoms with Gasteiger partial charge in [-0.05, 0) is 69.9 Å². The molecule has 0 aliphatic rings. The van der Waals surface area contributed by atoms with Crippen molar-refractivity contribution < 1.29 is 4.42 Å². The third-order valence-electron chi connectivity index (χ3n) is 7.84. The van der Waals surface area contributed by atoms with Crippen LogP contribution in [0.5, 0.6) is 0 Å². The van der Waals surface area contributed by atoms with Crippen LogP contribution in [0.2, 0.25) is 0 Å². The van der Waals surface area contributed by atoms with Crippen LogP contribution in [0.15, 0.2) is 162 Å². The maximum absolute atomic E-state index is 6.30. The fraction of sp³-hybridized carbons (Fsp3) is 0. The molecule has 0 unspecified atom stereocenters. The van der Waals surface area contributed by atoms with Crippen LogP contribution >= 0.6 is 0 Å². The molecular weight excluding hydrogens is 512 g/mol. The van der Waals surface area contributed by atoms with Crippen LogP contribution in [-0.2, 0) is 0 Å². The highest BCUT2D eigenvalue weighted by Crippen LogP contribution is 2.42. The Morgan fingerprint density at radius 2 is 1.14 bits per heavy atom. The molecule has 0 bridgehead atoms. The van der Waals surface area contributed by atoms with E-state index in [1.54, 1.807) is 0 Å². The molecule has 2 aromatic heterocycles. The molecule has 0 amide bonds. The second-order valence-electron chi connectivity index (χ2n) is 10.4. The van der Waals surface area contributed by atoms with Crippen molar-refractivity contribution in [3.63, 3.8) is 0 Å². The smallest absolute Gasteiger partial charge is 0.154 e. The highest BCUT2D eigenvalue weighted by atomic mass is 16.3. The molecule has 2 heterocycles. The normalized spacial score (nSPS) is 11.3. The van der Waals surface area contributed by atoms with E-state index in [1.807, 2.05) is 12.1 Å². The Labute approximate surface area is 243 Å². The van der Waals surface area contributed by atoms with E-state index >= 15 is 0 Å². The van der Waals surface area contributed by atoms with Crippen LogP contribution < -0.4 is 4.90 Å². The molecular formula is C39H26N2O. The average molecular weight is 539 g/mol. The third-order valence-corrected chi connectivity index (χ3v) is 7.84. The summed E-state index contributed by atoms with van der Waals surface area (Å²) >= 11 is 0. The van der Waals surface area contributed by atoms with Gasteiger partial charge in [-0.25, -0.2) is 4.98 Å². The van der Waals surface area contributed by atoms with E-state index in [2.05, 4.69) is 150 Å². The molecule has 0 saturated heterocycles. The van der Waals surface area contributed by atoms with Crippen LogP contribution in [0.1, 0.15) is 0 Å². The molecule has 0 atom stereocenters. The molecule has 0 radical (unpaired) electrons. The first-order valence-corrected chi connectivity index (χ1v) is 14.1. The number of hydrogen-bond acceptors (Lipinski definition) is 3. The van der Waals surface area contributed by atoms with Crippen molar-refractivity contribution in [1.29, 1.82) is 0 Å². The number of furan rings is 1. The summed E-state index contributed by atoms with van der Waals surface area (Å²) in [6, 6.07) is 55.0. The maximum Gasteiger partial charge on any atom is 0.154 e. The number of benzene rings is 6. The molecule has 0 aliphatic heterocycles. The Kier molecular flexibility index (Phi) is 5.79. The van der Waals surface area contributed by atoms with Crippen molar-refractivity contribution in [2.75, 3.05) is 4.90 Å². The standard InChI is InChI=1S/C39H26N2O/c1-3-12-27(13-4-1)29-18-11-19-32(24-29)41(35-21-10-9-20-33(35)28-14-5-2-6-15-28)38-23-22-36-39(40-38)34-25-30-16-7-8-17-31(30)26-37(34)42-36/h1-26H. The summed E-state index contributed by atoms with van der Waals surface area (Å²) in [7, 11) is 0. The minimum atomic E-state index is 0.776. The van der Waals surface area contributed by atoms with Crippen molar-refractivity contribution in [1.82, 2.24) is 4.98 Å². The highest BCUT2D eigenvalue weighted by molar-refractivity contribution is 6.09. The topological polar surface area (TPSA) is 29.3 Å². The number of anilines is 3. The lowest BCUT2D eigenvalue weighted by Crippen LogP contribution is -2.12. The highest BCUT2D eigenvalue weighted by Gasteiger charge is 2.20. The van der Waals surface area contributed by atoms with E-state index in [0.29, 0.717) is 0 Å². The molecule has 0 N–H and O–H groups in total. The van der Waals surface area contributed by atoms with Crippen molar-refractivity contribution >= 4 is 50.0 Å². The minimum Gasteiger partial charge on any atom is -0.454 e. The Bertz CT molecular complexity index is 2200. The molecule has 0 aliphatic carbocycles. The molecule has 8 aromatic rings. The molecule has 3 heteroatoms. The van der Waals surface area contributed by atoms with E-state index in [9.17, 15) is 0 Å². The number of aromatic nitrogens is 1. The summed E-state index contributed by atoms with van der Waals surface area (Å²) in [4.78, 5) is 7.55. The van der Waals surface area contributed by atoms with Gasteiger partial charge in [-0.3, -0.25) is 4.90 Å². The van der Waals surface area contributed by atoms with Gasteiger partial charge in [0.1, 0.15) is 16.9 Å². The number of para-hydroxylation sites is 1. The van der Waals surface area contributed by atoms with E-state index < -0.39 is 0 Å². The molecule has 3 nitrogen and oxygen atoms in total. The molecule has 198 valence electrons. The van der Waals surface area contributed by atoms with Crippen LogP contribution in [0.3, 0.4) is 0 Å². The second kappa shape index (κ2) is 10.1. The van der Waals surface area contributed by atoms with Crippen LogP contribution in [0.4, 0.5) is 17.2 Å². The van der Waals surface area contributed by atoms with Crippen molar-refractivity contribution in [3.05, 3.63) is 158 Å². The number of nitrogens with zero attached hydrogens (tertiary/aromatic N) is 2. The van der Waals surface area contributed by atoms with E-state index in [4.69, 9.17) is 9.40 Å². The van der Waals surface area contributed by atoms with Crippen molar-refractivity contribution in [3.8, 4) is 22.3 Å². The van der Waals surface area contributed by atoms with Crippen LogP contribution in [-0.4, -0.2) is 4.98 Å². The predicted octanol–water partition coefficient (Wildman–Crippen LogP) is 10.9. The molecule has 42 heavy (non-hydrogen) atoms. The Morgan fingerprint density at radius 3 is 1.95 bits per heavy atom. The lowest BCUT2D eigenvalue weighted by Gasteiger charge is -2.27. The zero-order valence-electron chi connectivity index (χ0n) is 22.8. The Hall–Kier alpha value is -5.67. The second-order valence-corrected chi connectivity index (χ2v) is 10.4. The number of fused-ring (bicyclic) bond motifs is 4. The van der Waals surface area contributed by atoms with Gasteiger partial charge in [0.15, 0.2) is 5.58 Å². The van der Waals surface area contributed by atoms with Gasteiger partial charge in [0, 0.05) is 16.6 Å². The molecule has 0 saturated carbocycles. The maximum atomic E-state index is 6.30. The summed E-state index contributed by atoms with van der Waals surface area (Å²) < 4.78 is 6.30. The van der Waals surface area contributed by atoms with E-state index in [-0.39, 0.29) is 0 Å².